The molecule has 0 saturated carbocycles. The lowest BCUT2D eigenvalue weighted by molar-refractivity contribution is -0.142. The Morgan fingerprint density at radius 2 is 1.88 bits per heavy atom. The molecule has 140 valence electrons. The summed E-state index contributed by atoms with van der Waals surface area (Å²) in [5.41, 5.74) is 1.48. The number of aryl methyl sites for hydroxylation is 1. The highest BCUT2D eigenvalue weighted by Gasteiger charge is 2.33. The van der Waals surface area contributed by atoms with Crippen molar-refractivity contribution >= 4 is 5.91 Å². The average molecular weight is 366 g/mol. The van der Waals surface area contributed by atoms with E-state index in [2.05, 4.69) is 35.1 Å². The van der Waals surface area contributed by atoms with Crippen molar-refractivity contribution in [3.05, 3.63) is 53.3 Å². The molecule has 1 fully saturated rings. The van der Waals surface area contributed by atoms with Crippen molar-refractivity contribution in [2.24, 2.45) is 0 Å². The fourth-order valence-electron chi connectivity index (χ4n) is 3.06. The van der Waals surface area contributed by atoms with Crippen molar-refractivity contribution in [3.63, 3.8) is 0 Å². The van der Waals surface area contributed by atoms with Gasteiger partial charge in [0, 0.05) is 38.9 Å². The van der Waals surface area contributed by atoms with Crippen molar-refractivity contribution in [1.29, 1.82) is 0 Å². The van der Waals surface area contributed by atoms with E-state index in [1.165, 1.54) is 17.3 Å². The summed E-state index contributed by atoms with van der Waals surface area (Å²) < 4.78 is 38.7. The first-order chi connectivity index (χ1) is 12.3. The molecule has 26 heavy (non-hydrogen) atoms. The second kappa shape index (κ2) is 7.49. The highest BCUT2D eigenvalue weighted by atomic mass is 19.4. The van der Waals surface area contributed by atoms with Gasteiger partial charge < -0.3 is 4.90 Å². The molecule has 0 spiro atoms. The van der Waals surface area contributed by atoms with Crippen molar-refractivity contribution in [3.8, 4) is 0 Å². The van der Waals surface area contributed by atoms with E-state index < -0.39 is 11.9 Å². The van der Waals surface area contributed by atoms with Gasteiger partial charge >= 0.3 is 6.18 Å². The van der Waals surface area contributed by atoms with Gasteiger partial charge in [0.05, 0.1) is 0 Å². The van der Waals surface area contributed by atoms with Gasteiger partial charge in [0.25, 0.3) is 0 Å². The summed E-state index contributed by atoms with van der Waals surface area (Å²) in [6.45, 7) is 5.33. The molecule has 1 aliphatic heterocycles. The van der Waals surface area contributed by atoms with E-state index in [0.29, 0.717) is 13.1 Å². The van der Waals surface area contributed by atoms with Gasteiger partial charge in [-0.1, -0.05) is 29.8 Å². The van der Waals surface area contributed by atoms with Crippen LogP contribution in [0.2, 0.25) is 0 Å². The first-order valence-corrected chi connectivity index (χ1v) is 8.47. The van der Waals surface area contributed by atoms with Gasteiger partial charge in [-0.25, -0.2) is 0 Å². The molecular weight excluding hydrogens is 345 g/mol. The quantitative estimate of drug-likeness (QED) is 0.835. The maximum absolute atomic E-state index is 12.6. The Hall–Kier alpha value is -2.35. The number of amides is 1. The predicted octanol–water partition coefficient (Wildman–Crippen LogP) is 2.55. The van der Waals surface area contributed by atoms with E-state index in [0.717, 1.165) is 30.4 Å². The van der Waals surface area contributed by atoms with Gasteiger partial charge in [0.1, 0.15) is 6.54 Å². The van der Waals surface area contributed by atoms with E-state index in [1.54, 1.807) is 4.90 Å². The van der Waals surface area contributed by atoms with Crippen LogP contribution in [0.25, 0.3) is 0 Å². The lowest BCUT2D eigenvalue weighted by Crippen LogP contribution is -2.49. The summed E-state index contributed by atoms with van der Waals surface area (Å²) in [5.74, 6) is -0.211. The Kier molecular flexibility index (Phi) is 5.31. The van der Waals surface area contributed by atoms with Gasteiger partial charge in [-0.15, -0.1) is 0 Å². The molecule has 8 heteroatoms. The number of hydrogen-bond acceptors (Lipinski definition) is 3. The molecule has 2 heterocycles. The Morgan fingerprint density at radius 1 is 1.15 bits per heavy atom. The van der Waals surface area contributed by atoms with E-state index in [4.69, 9.17) is 0 Å². The summed E-state index contributed by atoms with van der Waals surface area (Å²) >= 11 is 0. The molecule has 0 atom stereocenters. The Bertz CT molecular complexity index is 764. The normalized spacial score (nSPS) is 16.1. The maximum atomic E-state index is 12.6. The SMILES string of the molecule is Cc1cccc(CN2CCN(C(=O)Cn3ccc(C(F)(F)F)n3)CC2)c1. The lowest BCUT2D eigenvalue weighted by atomic mass is 10.1. The monoisotopic (exact) mass is 366 g/mol. The van der Waals surface area contributed by atoms with Crippen LogP contribution in [0.5, 0.6) is 0 Å². The molecule has 1 saturated heterocycles. The molecular formula is C18H21F3N4O. The number of carbonyl (C=O) groups is 1. The molecule has 0 radical (unpaired) electrons. The first-order valence-electron chi connectivity index (χ1n) is 8.47. The van der Waals surface area contributed by atoms with Crippen molar-refractivity contribution < 1.29 is 18.0 Å². The molecule has 3 rings (SSSR count). The highest BCUT2D eigenvalue weighted by molar-refractivity contribution is 5.76. The van der Waals surface area contributed by atoms with E-state index in [-0.39, 0.29) is 12.5 Å². The van der Waals surface area contributed by atoms with Crippen molar-refractivity contribution in [2.75, 3.05) is 26.2 Å². The fraction of sp³-hybridized carbons (Fsp3) is 0.444. The van der Waals surface area contributed by atoms with Crippen LogP contribution in [0.3, 0.4) is 0 Å². The van der Waals surface area contributed by atoms with Gasteiger partial charge in [0.15, 0.2) is 5.69 Å². The lowest BCUT2D eigenvalue weighted by Gasteiger charge is -2.34. The van der Waals surface area contributed by atoms with Crippen LogP contribution in [0.4, 0.5) is 13.2 Å². The standard InChI is InChI=1S/C18H21F3N4O/c1-14-3-2-4-15(11-14)12-23-7-9-24(10-8-23)17(26)13-25-6-5-16(22-25)18(19,20)21/h2-6,11H,7-10,12-13H2,1H3. The number of piperazine rings is 1. The summed E-state index contributed by atoms with van der Waals surface area (Å²) in [5, 5.41) is 3.43. The zero-order valence-corrected chi connectivity index (χ0v) is 14.5. The average Bonchev–Trinajstić information content (AvgIpc) is 3.04. The molecule has 1 aromatic carbocycles. The fourth-order valence-corrected chi connectivity index (χ4v) is 3.06. The molecule has 5 nitrogen and oxygen atoms in total. The van der Waals surface area contributed by atoms with E-state index in [1.807, 2.05) is 6.07 Å². The summed E-state index contributed by atoms with van der Waals surface area (Å²) in [6.07, 6.45) is -3.30. The second-order valence-corrected chi connectivity index (χ2v) is 6.54. The minimum absolute atomic E-state index is 0.173. The highest BCUT2D eigenvalue weighted by Crippen LogP contribution is 2.27. The molecule has 0 unspecified atom stereocenters. The number of nitrogens with zero attached hydrogens (tertiary/aromatic N) is 4. The number of hydrogen-bond donors (Lipinski definition) is 0. The van der Waals surface area contributed by atoms with Gasteiger partial charge in [-0.3, -0.25) is 14.4 Å². The minimum atomic E-state index is -4.49. The van der Waals surface area contributed by atoms with Crippen LogP contribution in [0, 0.1) is 6.92 Å². The van der Waals surface area contributed by atoms with Crippen LogP contribution < -0.4 is 0 Å². The number of halogens is 3. The van der Waals surface area contributed by atoms with Gasteiger partial charge in [-0.05, 0) is 18.6 Å². The largest absolute Gasteiger partial charge is 0.435 e. The topological polar surface area (TPSA) is 41.4 Å². The third kappa shape index (κ3) is 4.63. The molecule has 0 N–H and O–H groups in total. The van der Waals surface area contributed by atoms with Crippen LogP contribution in [-0.2, 0) is 24.1 Å². The van der Waals surface area contributed by atoms with E-state index in [9.17, 15) is 18.0 Å². The van der Waals surface area contributed by atoms with Gasteiger partial charge in [0.2, 0.25) is 5.91 Å². The predicted molar refractivity (Wildman–Crippen MR) is 90.3 cm³/mol. The van der Waals surface area contributed by atoms with Crippen LogP contribution in [0.15, 0.2) is 36.5 Å². The zero-order valence-electron chi connectivity index (χ0n) is 14.5. The third-order valence-electron chi connectivity index (χ3n) is 4.44. The van der Waals surface area contributed by atoms with Crippen LogP contribution >= 0.6 is 0 Å². The summed E-state index contributed by atoms with van der Waals surface area (Å²) in [6, 6.07) is 9.20. The van der Waals surface area contributed by atoms with Crippen molar-refractivity contribution in [1.82, 2.24) is 19.6 Å². The number of benzene rings is 1. The molecule has 1 aromatic heterocycles. The Balaban J connectivity index is 1.50. The molecule has 2 aromatic rings. The number of carbonyl (C=O) groups excluding carboxylic acids is 1. The maximum Gasteiger partial charge on any atom is 0.435 e. The van der Waals surface area contributed by atoms with Crippen LogP contribution in [0.1, 0.15) is 16.8 Å². The molecule has 0 aliphatic carbocycles. The zero-order chi connectivity index (χ0) is 18.7. The smallest absolute Gasteiger partial charge is 0.339 e. The molecule has 1 amide bonds. The summed E-state index contributed by atoms with van der Waals surface area (Å²) in [7, 11) is 0. The summed E-state index contributed by atoms with van der Waals surface area (Å²) in [4.78, 5) is 16.3. The van der Waals surface area contributed by atoms with Gasteiger partial charge in [-0.2, -0.15) is 18.3 Å². The van der Waals surface area contributed by atoms with E-state index >= 15 is 0 Å². The molecule has 1 aliphatic rings. The minimum Gasteiger partial charge on any atom is -0.339 e. The van der Waals surface area contributed by atoms with Crippen LogP contribution in [-0.4, -0.2) is 51.7 Å². The first kappa shape index (κ1) is 18.4. The number of alkyl halides is 3. The number of rotatable bonds is 4. The second-order valence-electron chi connectivity index (χ2n) is 6.54. The Morgan fingerprint density at radius 3 is 2.50 bits per heavy atom. The third-order valence-corrected chi connectivity index (χ3v) is 4.44. The van der Waals surface area contributed by atoms with Crippen molar-refractivity contribution in [2.45, 2.75) is 26.2 Å². The number of aromatic nitrogens is 2. The Labute approximate surface area is 150 Å². The molecule has 0 bridgehead atoms.